The first kappa shape index (κ1) is 28.9. The first-order valence-electron chi connectivity index (χ1n) is 12.2. The average Bonchev–Trinajstić information content (AvgIpc) is 3.70. The Labute approximate surface area is 236 Å². The molecular formula is C20H23FN9O10PS. The van der Waals surface area contributed by atoms with Crippen LogP contribution in [0.25, 0.3) is 22.3 Å². The molecule has 0 amide bonds. The highest BCUT2D eigenvalue weighted by Crippen LogP contribution is 2.53. The first-order valence-corrected chi connectivity index (χ1v) is 14.7. The number of H-pyrrole nitrogens is 2. The molecule has 0 saturated carbocycles. The molecule has 0 radical (unpaired) electrons. The van der Waals surface area contributed by atoms with Crippen molar-refractivity contribution in [2.45, 2.75) is 42.5 Å². The summed E-state index contributed by atoms with van der Waals surface area (Å²) in [5.74, 6) is -0.288. The highest BCUT2D eigenvalue weighted by atomic mass is 32.5. The molecule has 2 aliphatic rings. The number of ether oxygens (including phenoxy) is 2. The number of alkyl halides is 1. The van der Waals surface area contributed by atoms with Crippen molar-refractivity contribution in [1.29, 1.82) is 0 Å². The molecule has 0 bridgehead atoms. The van der Waals surface area contributed by atoms with Gasteiger partial charge in [-0.05, 0) is 11.8 Å². The molecule has 4 aromatic heterocycles. The molecule has 19 nitrogen and oxygen atoms in total. The molecule has 1 unspecified atom stereocenters. The number of aromatic amines is 2. The van der Waals surface area contributed by atoms with Crippen LogP contribution in [0.4, 0.5) is 10.3 Å². The van der Waals surface area contributed by atoms with Crippen LogP contribution in [-0.2, 0) is 36.1 Å². The Balaban J connectivity index is 1.25. The maximum absolute atomic E-state index is 15.1. The Morgan fingerprint density at radius 2 is 1.93 bits per heavy atom. The summed E-state index contributed by atoms with van der Waals surface area (Å²) in [5.41, 5.74) is 1.87. The number of aliphatic hydroxyl groups is 3. The summed E-state index contributed by atoms with van der Waals surface area (Å²) in [6, 6.07) is 0. The Hall–Kier alpha value is -3.24. The van der Waals surface area contributed by atoms with E-state index in [1.165, 1.54) is 0 Å². The molecule has 226 valence electrons. The standard InChI is InChI=1S/C20H23FN9O10PS/c21-9-12(32)8(39-18(9)29-5-25-10-14(29)23-4-24-16(10)34)2-38-41(36,42)40-20(3-37-7(1-31)13(20)33)30-6-26-11-15(30)27-19(22)28-17(11)35/h4-9,12-13,18,31-33H,1-3H2,(H,36,42)(H,23,24,34)(H3,22,27,28,35)/t7-,8-,9+,12-,13-,18-,20+,41?/m1/s1. The van der Waals surface area contributed by atoms with E-state index in [2.05, 4.69) is 29.9 Å². The smallest absolute Gasteiger partial charge is 0.326 e. The van der Waals surface area contributed by atoms with Gasteiger partial charge in [0.25, 0.3) is 11.1 Å². The van der Waals surface area contributed by atoms with E-state index < -0.39 is 80.2 Å². The number of nitrogens with one attached hydrogen (secondary N) is 2. The van der Waals surface area contributed by atoms with Crippen molar-refractivity contribution in [1.82, 2.24) is 39.0 Å². The number of nitrogen functional groups attached to an aromatic ring is 1. The molecular weight excluding hydrogens is 608 g/mol. The molecule has 0 spiro atoms. The highest BCUT2D eigenvalue weighted by molar-refractivity contribution is 8.07. The maximum atomic E-state index is 15.1. The van der Waals surface area contributed by atoms with E-state index in [1.54, 1.807) is 0 Å². The second-order valence-corrected chi connectivity index (χ2v) is 12.2. The Morgan fingerprint density at radius 3 is 2.67 bits per heavy atom. The molecule has 0 aromatic carbocycles. The molecule has 0 aliphatic carbocycles. The topological polar surface area (TPSA) is 271 Å². The molecule has 2 fully saturated rings. The average molecular weight is 631 g/mol. The number of nitrogens with zero attached hydrogens (tertiary/aromatic N) is 6. The predicted molar refractivity (Wildman–Crippen MR) is 140 cm³/mol. The zero-order valence-electron chi connectivity index (χ0n) is 21.0. The van der Waals surface area contributed by atoms with Crippen molar-refractivity contribution in [2.75, 3.05) is 25.6 Å². The number of hydrogen-bond acceptors (Lipinski definition) is 15. The van der Waals surface area contributed by atoms with Crippen LogP contribution >= 0.6 is 6.72 Å². The number of halogens is 1. The van der Waals surface area contributed by atoms with E-state index in [4.69, 9.17) is 36.1 Å². The van der Waals surface area contributed by atoms with Crippen LogP contribution in [0.1, 0.15) is 6.23 Å². The molecule has 8 atom stereocenters. The predicted octanol–water partition coefficient (Wildman–Crippen LogP) is -2.91. The van der Waals surface area contributed by atoms with Crippen LogP contribution in [-0.4, -0.2) is 110 Å². The van der Waals surface area contributed by atoms with Crippen molar-refractivity contribution in [3.63, 3.8) is 0 Å². The number of hydrogen-bond donors (Lipinski definition) is 7. The zero-order chi connectivity index (χ0) is 30.0. The number of fused-ring (bicyclic) bond motifs is 2. The van der Waals surface area contributed by atoms with Gasteiger partial charge in [0.2, 0.25) is 11.7 Å². The molecule has 42 heavy (non-hydrogen) atoms. The van der Waals surface area contributed by atoms with Gasteiger partial charge in [0.1, 0.15) is 24.4 Å². The largest absolute Gasteiger partial charge is 0.394 e. The van der Waals surface area contributed by atoms with Gasteiger partial charge < -0.3 is 44.9 Å². The summed E-state index contributed by atoms with van der Waals surface area (Å²) < 4.78 is 39.6. The molecule has 2 aliphatic heterocycles. The molecule has 4 aromatic rings. The van der Waals surface area contributed by atoms with Gasteiger partial charge in [-0.2, -0.15) is 4.98 Å². The lowest BCUT2D eigenvalue weighted by Crippen LogP contribution is -2.48. The van der Waals surface area contributed by atoms with Crippen LogP contribution in [0.15, 0.2) is 28.6 Å². The van der Waals surface area contributed by atoms with Gasteiger partial charge in [-0.15, -0.1) is 0 Å². The maximum Gasteiger partial charge on any atom is 0.326 e. The lowest BCUT2D eigenvalue weighted by Gasteiger charge is -2.35. The fraction of sp³-hybridized carbons (Fsp3) is 0.500. The quantitative estimate of drug-likeness (QED) is 0.0960. The number of imidazole rings is 2. The van der Waals surface area contributed by atoms with Gasteiger partial charge in [0.15, 0.2) is 34.7 Å². The third-order valence-electron chi connectivity index (χ3n) is 6.94. The minimum Gasteiger partial charge on any atom is -0.394 e. The summed E-state index contributed by atoms with van der Waals surface area (Å²) in [6.07, 6.45) is -6.25. The number of anilines is 1. The van der Waals surface area contributed by atoms with Crippen molar-refractivity contribution in [3.8, 4) is 0 Å². The lowest BCUT2D eigenvalue weighted by molar-refractivity contribution is -0.102. The van der Waals surface area contributed by atoms with Crippen molar-refractivity contribution in [3.05, 3.63) is 39.7 Å². The number of aromatic nitrogens is 8. The van der Waals surface area contributed by atoms with E-state index in [0.717, 1.165) is 28.1 Å². The number of nitrogens with two attached hydrogens (primary N) is 1. The van der Waals surface area contributed by atoms with E-state index >= 15 is 4.39 Å². The Bertz CT molecular complexity index is 1820. The van der Waals surface area contributed by atoms with Crippen molar-refractivity contribution >= 4 is 46.8 Å². The minimum atomic E-state index is -4.42. The van der Waals surface area contributed by atoms with Gasteiger partial charge in [-0.3, -0.25) is 28.2 Å². The normalized spacial score (nSPS) is 31.3. The third-order valence-corrected chi connectivity index (χ3v) is 8.50. The monoisotopic (exact) mass is 631 g/mol. The van der Waals surface area contributed by atoms with Crippen LogP contribution in [0.2, 0.25) is 0 Å². The summed E-state index contributed by atoms with van der Waals surface area (Å²) in [5, 5.41) is 31.3. The first-order chi connectivity index (χ1) is 20.0. The van der Waals surface area contributed by atoms with Gasteiger partial charge in [0.05, 0.1) is 38.8 Å². The SMILES string of the molecule is Nc1nc2c(ncn2[C@]2(OP(O)(=S)OC[C@H]3O[C@@H](n4cnc5c(=O)[nH]cnc54)[C@@H](F)[C@@H]3O)CO[C@H](CO)[C@H]2O)c(=O)[nH]1. The van der Waals surface area contributed by atoms with Crippen LogP contribution in [0.5, 0.6) is 0 Å². The van der Waals surface area contributed by atoms with E-state index in [9.17, 15) is 29.8 Å². The van der Waals surface area contributed by atoms with Gasteiger partial charge in [0, 0.05) is 0 Å². The lowest BCUT2D eigenvalue weighted by atomic mass is 10.1. The van der Waals surface area contributed by atoms with E-state index in [0.29, 0.717) is 0 Å². The van der Waals surface area contributed by atoms with Crippen LogP contribution in [0.3, 0.4) is 0 Å². The Kier molecular flexibility index (Phi) is 7.20. The third kappa shape index (κ3) is 4.63. The second kappa shape index (κ2) is 10.5. The summed E-state index contributed by atoms with van der Waals surface area (Å²) in [4.78, 5) is 55.8. The van der Waals surface area contributed by atoms with Gasteiger partial charge in [-0.25, -0.2) is 19.3 Å². The summed E-state index contributed by atoms with van der Waals surface area (Å²) in [6.45, 7) is -6.28. The van der Waals surface area contributed by atoms with Crippen LogP contribution < -0.4 is 16.9 Å². The minimum absolute atomic E-state index is 0.00650. The van der Waals surface area contributed by atoms with Crippen LogP contribution in [0, 0.1) is 0 Å². The van der Waals surface area contributed by atoms with E-state index in [-0.39, 0.29) is 28.3 Å². The van der Waals surface area contributed by atoms with E-state index in [1.807, 2.05) is 0 Å². The van der Waals surface area contributed by atoms with Gasteiger partial charge in [-0.1, -0.05) is 0 Å². The fourth-order valence-electron chi connectivity index (χ4n) is 4.89. The second-order valence-electron chi connectivity index (χ2n) is 9.47. The molecule has 6 heterocycles. The molecule has 6 rings (SSSR count). The zero-order valence-corrected chi connectivity index (χ0v) is 22.8. The molecule has 8 N–H and O–H groups in total. The summed E-state index contributed by atoms with van der Waals surface area (Å²) >= 11 is 5.17. The number of aliphatic hydroxyl groups excluding tert-OH is 3. The molecule has 2 saturated heterocycles. The van der Waals surface area contributed by atoms with Crippen molar-refractivity contribution < 1.29 is 43.1 Å². The summed E-state index contributed by atoms with van der Waals surface area (Å²) in [7, 11) is 0. The molecule has 22 heteroatoms. The highest BCUT2D eigenvalue weighted by Gasteiger charge is 2.56. The fourth-order valence-corrected chi connectivity index (χ4v) is 6.50. The van der Waals surface area contributed by atoms with Crippen molar-refractivity contribution in [2.24, 2.45) is 0 Å². The Morgan fingerprint density at radius 1 is 1.19 bits per heavy atom. The van der Waals surface area contributed by atoms with Gasteiger partial charge >= 0.3 is 6.72 Å². The number of rotatable bonds is 8.